The molecule has 1 aromatic carbocycles. The Balaban J connectivity index is 2.08. The molecule has 6 heteroatoms. The number of hydrogen-bond donors (Lipinski definition) is 1. The maximum Gasteiger partial charge on any atom is 0.322 e. The summed E-state index contributed by atoms with van der Waals surface area (Å²) in [6, 6.07) is 6.93. The highest BCUT2D eigenvalue weighted by molar-refractivity contribution is 7.99. The van der Waals surface area contributed by atoms with E-state index in [0.717, 1.165) is 23.0 Å². The smallest absolute Gasteiger partial charge is 0.322 e. The molecule has 1 aromatic rings. The molecule has 0 aromatic heterocycles. The topological polar surface area (TPSA) is 70.8 Å². The standard InChI is InChI=1S/C14H21NO4S/c1-17-11-3-5-12(6-4-11)19-8-10-20-9-7-13(15)14(16)18-2/h3-6,13H,7-10,15H2,1-2H3. The van der Waals surface area contributed by atoms with Crippen molar-refractivity contribution in [2.24, 2.45) is 5.73 Å². The lowest BCUT2D eigenvalue weighted by Crippen LogP contribution is -2.32. The largest absolute Gasteiger partial charge is 0.497 e. The first-order valence-electron chi connectivity index (χ1n) is 6.35. The third-order valence-electron chi connectivity index (χ3n) is 2.63. The highest BCUT2D eigenvalue weighted by Crippen LogP contribution is 2.17. The number of benzene rings is 1. The first kappa shape index (κ1) is 16.7. The summed E-state index contributed by atoms with van der Waals surface area (Å²) < 4.78 is 15.2. The van der Waals surface area contributed by atoms with Crippen molar-refractivity contribution in [1.82, 2.24) is 0 Å². The summed E-state index contributed by atoms with van der Waals surface area (Å²) >= 11 is 1.70. The van der Waals surface area contributed by atoms with Gasteiger partial charge in [-0.3, -0.25) is 4.79 Å². The van der Waals surface area contributed by atoms with Crippen LogP contribution in [0.5, 0.6) is 11.5 Å². The number of carbonyl (C=O) groups excluding carboxylic acids is 1. The van der Waals surface area contributed by atoms with Crippen molar-refractivity contribution in [1.29, 1.82) is 0 Å². The van der Waals surface area contributed by atoms with Crippen molar-refractivity contribution in [2.45, 2.75) is 12.5 Å². The van der Waals surface area contributed by atoms with Crippen LogP contribution >= 0.6 is 11.8 Å². The molecular formula is C14H21NO4S. The van der Waals surface area contributed by atoms with E-state index in [9.17, 15) is 4.79 Å². The van der Waals surface area contributed by atoms with Crippen LogP contribution in [-0.2, 0) is 9.53 Å². The van der Waals surface area contributed by atoms with E-state index in [4.69, 9.17) is 15.2 Å². The van der Waals surface area contributed by atoms with Crippen LogP contribution in [0.25, 0.3) is 0 Å². The summed E-state index contributed by atoms with van der Waals surface area (Å²) in [6.07, 6.45) is 0.611. The Kier molecular flexibility index (Phi) is 7.91. The van der Waals surface area contributed by atoms with E-state index < -0.39 is 6.04 Å². The van der Waals surface area contributed by atoms with Gasteiger partial charge in [-0.2, -0.15) is 11.8 Å². The molecule has 0 spiro atoms. The number of methoxy groups -OCH3 is 2. The summed E-state index contributed by atoms with van der Waals surface area (Å²) in [4.78, 5) is 11.1. The van der Waals surface area contributed by atoms with Gasteiger partial charge in [0.05, 0.1) is 20.8 Å². The van der Waals surface area contributed by atoms with Crippen molar-refractivity contribution < 1.29 is 19.0 Å². The van der Waals surface area contributed by atoms with E-state index in [1.807, 2.05) is 24.3 Å². The minimum absolute atomic E-state index is 0.361. The Hall–Kier alpha value is -1.40. The molecule has 1 atom stereocenters. The summed E-state index contributed by atoms with van der Waals surface area (Å²) in [5, 5.41) is 0. The predicted octanol–water partition coefficient (Wildman–Crippen LogP) is 1.70. The normalized spacial score (nSPS) is 11.8. The fraction of sp³-hybridized carbons (Fsp3) is 0.500. The second-order valence-electron chi connectivity index (χ2n) is 4.05. The zero-order valence-electron chi connectivity index (χ0n) is 11.8. The summed E-state index contributed by atoms with van der Waals surface area (Å²) in [6.45, 7) is 0.616. The van der Waals surface area contributed by atoms with Crippen LogP contribution < -0.4 is 15.2 Å². The van der Waals surface area contributed by atoms with Crippen molar-refractivity contribution in [2.75, 3.05) is 32.3 Å². The van der Waals surface area contributed by atoms with E-state index in [1.165, 1.54) is 7.11 Å². The van der Waals surface area contributed by atoms with E-state index >= 15 is 0 Å². The first-order valence-corrected chi connectivity index (χ1v) is 7.51. The number of esters is 1. The number of carbonyl (C=O) groups is 1. The minimum Gasteiger partial charge on any atom is -0.497 e. The SMILES string of the molecule is COC(=O)C(N)CCSCCOc1ccc(OC)cc1. The lowest BCUT2D eigenvalue weighted by atomic mass is 10.2. The second kappa shape index (κ2) is 9.50. The van der Waals surface area contributed by atoms with Gasteiger partial charge >= 0.3 is 5.97 Å². The maximum absolute atomic E-state index is 11.1. The zero-order chi connectivity index (χ0) is 14.8. The molecule has 1 unspecified atom stereocenters. The van der Waals surface area contributed by atoms with Crippen molar-refractivity contribution in [3.05, 3.63) is 24.3 Å². The summed E-state index contributed by atoms with van der Waals surface area (Å²) in [5.74, 6) is 2.92. The molecule has 5 nitrogen and oxygen atoms in total. The number of rotatable bonds is 9. The third-order valence-corrected chi connectivity index (χ3v) is 3.61. The van der Waals surface area contributed by atoms with Gasteiger partial charge in [0, 0.05) is 5.75 Å². The quantitative estimate of drug-likeness (QED) is 0.553. The minimum atomic E-state index is -0.532. The predicted molar refractivity (Wildman–Crippen MR) is 80.4 cm³/mol. The lowest BCUT2D eigenvalue weighted by Gasteiger charge is -2.09. The molecular weight excluding hydrogens is 278 g/mol. The van der Waals surface area contributed by atoms with Crippen molar-refractivity contribution in [3.63, 3.8) is 0 Å². The zero-order valence-corrected chi connectivity index (χ0v) is 12.7. The Morgan fingerprint density at radius 2 is 1.85 bits per heavy atom. The number of hydrogen-bond acceptors (Lipinski definition) is 6. The molecule has 112 valence electrons. The van der Waals surface area contributed by atoms with Crippen LogP contribution in [0.15, 0.2) is 24.3 Å². The molecule has 0 radical (unpaired) electrons. The number of thioether (sulfide) groups is 1. The Bertz CT molecular complexity index is 397. The lowest BCUT2D eigenvalue weighted by molar-refractivity contribution is -0.142. The second-order valence-corrected chi connectivity index (χ2v) is 5.28. The third kappa shape index (κ3) is 6.16. The van der Waals surface area contributed by atoms with Gasteiger partial charge in [0.15, 0.2) is 0 Å². The van der Waals surface area contributed by atoms with Crippen LogP contribution in [0.4, 0.5) is 0 Å². The molecule has 2 N–H and O–H groups in total. The average molecular weight is 299 g/mol. The highest BCUT2D eigenvalue weighted by Gasteiger charge is 2.12. The highest BCUT2D eigenvalue weighted by atomic mass is 32.2. The molecule has 0 aliphatic heterocycles. The van der Waals surface area contributed by atoms with E-state index in [2.05, 4.69) is 4.74 Å². The molecule has 0 aliphatic carbocycles. The first-order chi connectivity index (χ1) is 9.67. The summed E-state index contributed by atoms with van der Waals surface area (Å²) in [7, 11) is 2.98. The molecule has 0 fully saturated rings. The summed E-state index contributed by atoms with van der Waals surface area (Å²) in [5.41, 5.74) is 5.63. The van der Waals surface area contributed by atoms with Gasteiger partial charge < -0.3 is 19.9 Å². The van der Waals surface area contributed by atoms with Crippen LogP contribution in [-0.4, -0.2) is 44.3 Å². The van der Waals surface area contributed by atoms with E-state index in [1.54, 1.807) is 18.9 Å². The molecule has 0 bridgehead atoms. The van der Waals surface area contributed by atoms with Crippen LogP contribution in [0.3, 0.4) is 0 Å². The van der Waals surface area contributed by atoms with Gasteiger partial charge in [-0.1, -0.05) is 0 Å². The Morgan fingerprint density at radius 3 is 2.45 bits per heavy atom. The maximum atomic E-state index is 11.1. The number of nitrogens with two attached hydrogens (primary N) is 1. The molecule has 0 heterocycles. The van der Waals surface area contributed by atoms with E-state index in [0.29, 0.717) is 13.0 Å². The van der Waals surface area contributed by atoms with Gasteiger partial charge in [-0.05, 0) is 36.4 Å². The fourth-order valence-corrected chi connectivity index (χ4v) is 2.30. The van der Waals surface area contributed by atoms with Gasteiger partial charge in [-0.15, -0.1) is 0 Å². The van der Waals surface area contributed by atoms with Crippen molar-refractivity contribution >= 4 is 17.7 Å². The van der Waals surface area contributed by atoms with Gasteiger partial charge in [0.25, 0.3) is 0 Å². The molecule has 0 aliphatic rings. The van der Waals surface area contributed by atoms with E-state index in [-0.39, 0.29) is 5.97 Å². The molecule has 0 amide bonds. The monoisotopic (exact) mass is 299 g/mol. The van der Waals surface area contributed by atoms with Crippen LogP contribution in [0.2, 0.25) is 0 Å². The average Bonchev–Trinajstić information content (AvgIpc) is 2.50. The van der Waals surface area contributed by atoms with Crippen LogP contribution in [0.1, 0.15) is 6.42 Å². The van der Waals surface area contributed by atoms with Crippen LogP contribution in [0, 0.1) is 0 Å². The molecule has 0 saturated carbocycles. The Morgan fingerprint density at radius 1 is 1.20 bits per heavy atom. The van der Waals surface area contributed by atoms with Gasteiger partial charge in [-0.25, -0.2) is 0 Å². The molecule has 1 rings (SSSR count). The molecule has 20 heavy (non-hydrogen) atoms. The van der Waals surface area contributed by atoms with Gasteiger partial charge in [0.2, 0.25) is 0 Å². The van der Waals surface area contributed by atoms with Gasteiger partial charge in [0.1, 0.15) is 17.5 Å². The molecule has 0 saturated heterocycles. The van der Waals surface area contributed by atoms with Crippen molar-refractivity contribution in [3.8, 4) is 11.5 Å². The fourth-order valence-electron chi connectivity index (χ4n) is 1.47. The number of ether oxygens (including phenoxy) is 3. The Labute approximate surface area is 123 Å².